The molecular formula is C11H12N4. The fourth-order valence-electron chi connectivity index (χ4n) is 1.64. The molecular weight excluding hydrogens is 188 g/mol. The van der Waals surface area contributed by atoms with Crippen LogP contribution in [0.25, 0.3) is 10.9 Å². The Morgan fingerprint density at radius 2 is 2.27 bits per heavy atom. The monoisotopic (exact) mass is 200 g/mol. The highest BCUT2D eigenvalue weighted by Crippen LogP contribution is 2.21. The average molecular weight is 200 g/mol. The summed E-state index contributed by atoms with van der Waals surface area (Å²) >= 11 is 0. The highest BCUT2D eigenvalue weighted by atomic mass is 15.3. The molecule has 0 aliphatic heterocycles. The molecule has 0 unspecified atom stereocenters. The van der Waals surface area contributed by atoms with E-state index in [1.54, 1.807) is 4.68 Å². The summed E-state index contributed by atoms with van der Waals surface area (Å²) in [5, 5.41) is 13.9. The molecule has 4 nitrogen and oxygen atoms in total. The van der Waals surface area contributed by atoms with Crippen LogP contribution in [0.15, 0.2) is 18.2 Å². The van der Waals surface area contributed by atoms with Gasteiger partial charge in [0.2, 0.25) is 0 Å². The number of aromatic nitrogens is 2. The van der Waals surface area contributed by atoms with Gasteiger partial charge in [0.1, 0.15) is 6.07 Å². The maximum atomic E-state index is 8.88. The Morgan fingerprint density at radius 3 is 2.87 bits per heavy atom. The third-order valence-electron chi connectivity index (χ3n) is 2.51. The molecule has 0 saturated carbocycles. The summed E-state index contributed by atoms with van der Waals surface area (Å²) < 4.78 is 1.71. The molecule has 1 aromatic carbocycles. The minimum atomic E-state index is -0.00478. The molecule has 0 radical (unpaired) electrons. The van der Waals surface area contributed by atoms with Crippen molar-refractivity contribution in [1.82, 2.24) is 9.78 Å². The standard InChI is InChI=1S/C11H12N4/c1-7(13)8-3-4-9-10(6-12)14-15(2)11(9)5-8/h3-5,7H,13H2,1-2H3/t7-/m1/s1. The van der Waals surface area contributed by atoms with Crippen LogP contribution in [-0.4, -0.2) is 9.78 Å². The van der Waals surface area contributed by atoms with E-state index < -0.39 is 0 Å². The summed E-state index contributed by atoms with van der Waals surface area (Å²) in [6.45, 7) is 1.93. The van der Waals surface area contributed by atoms with E-state index >= 15 is 0 Å². The van der Waals surface area contributed by atoms with Gasteiger partial charge in [-0.2, -0.15) is 10.4 Å². The Balaban J connectivity index is 2.73. The van der Waals surface area contributed by atoms with Crippen molar-refractivity contribution in [3.05, 3.63) is 29.5 Å². The van der Waals surface area contributed by atoms with E-state index in [0.717, 1.165) is 16.5 Å². The number of rotatable bonds is 1. The number of hydrogen-bond acceptors (Lipinski definition) is 3. The molecule has 2 aromatic rings. The van der Waals surface area contributed by atoms with Crippen LogP contribution in [0.3, 0.4) is 0 Å². The zero-order chi connectivity index (χ0) is 11.0. The predicted molar refractivity (Wildman–Crippen MR) is 58.0 cm³/mol. The molecule has 1 atom stereocenters. The summed E-state index contributed by atoms with van der Waals surface area (Å²) in [6.07, 6.45) is 0. The van der Waals surface area contributed by atoms with Crippen LogP contribution in [0.5, 0.6) is 0 Å². The second kappa shape index (κ2) is 3.37. The van der Waals surface area contributed by atoms with Crippen LogP contribution in [0.1, 0.15) is 24.2 Å². The molecule has 76 valence electrons. The first-order chi connectivity index (χ1) is 7.13. The Labute approximate surface area is 87.9 Å². The minimum absolute atomic E-state index is 0.00478. The summed E-state index contributed by atoms with van der Waals surface area (Å²) in [5.74, 6) is 0. The minimum Gasteiger partial charge on any atom is -0.324 e. The SMILES string of the molecule is C[C@@H](N)c1ccc2c(C#N)nn(C)c2c1. The zero-order valence-corrected chi connectivity index (χ0v) is 8.73. The first kappa shape index (κ1) is 9.69. The molecule has 1 heterocycles. The van der Waals surface area contributed by atoms with Gasteiger partial charge in [-0.3, -0.25) is 4.68 Å². The molecule has 0 aliphatic rings. The lowest BCUT2D eigenvalue weighted by molar-refractivity contribution is 0.785. The van der Waals surface area contributed by atoms with E-state index in [1.165, 1.54) is 0 Å². The molecule has 4 heteroatoms. The average Bonchev–Trinajstić information content (AvgIpc) is 2.55. The number of nitrogens with zero attached hydrogens (tertiary/aromatic N) is 3. The van der Waals surface area contributed by atoms with Gasteiger partial charge in [0.25, 0.3) is 0 Å². The van der Waals surface area contributed by atoms with Gasteiger partial charge in [-0.1, -0.05) is 6.07 Å². The second-order valence-electron chi connectivity index (χ2n) is 3.65. The fraction of sp³-hybridized carbons (Fsp3) is 0.273. The largest absolute Gasteiger partial charge is 0.324 e. The molecule has 15 heavy (non-hydrogen) atoms. The van der Waals surface area contributed by atoms with Crippen LogP contribution in [-0.2, 0) is 7.05 Å². The number of nitrogens with two attached hydrogens (primary N) is 1. The van der Waals surface area contributed by atoms with Gasteiger partial charge >= 0.3 is 0 Å². The topological polar surface area (TPSA) is 67.6 Å². The van der Waals surface area contributed by atoms with E-state index in [2.05, 4.69) is 11.2 Å². The summed E-state index contributed by atoms with van der Waals surface area (Å²) in [4.78, 5) is 0. The predicted octanol–water partition coefficient (Wildman–Crippen LogP) is 1.46. The van der Waals surface area contributed by atoms with E-state index in [9.17, 15) is 0 Å². The van der Waals surface area contributed by atoms with Crippen molar-refractivity contribution in [2.45, 2.75) is 13.0 Å². The normalized spacial score (nSPS) is 12.7. The zero-order valence-electron chi connectivity index (χ0n) is 8.73. The molecule has 0 spiro atoms. The first-order valence-electron chi connectivity index (χ1n) is 4.76. The lowest BCUT2D eigenvalue weighted by Gasteiger charge is -2.05. The second-order valence-corrected chi connectivity index (χ2v) is 3.65. The van der Waals surface area contributed by atoms with E-state index in [4.69, 9.17) is 11.0 Å². The van der Waals surface area contributed by atoms with Gasteiger partial charge in [-0.25, -0.2) is 0 Å². The number of aryl methyl sites for hydroxylation is 1. The Hall–Kier alpha value is -1.86. The Morgan fingerprint density at radius 1 is 1.53 bits per heavy atom. The molecule has 2 N–H and O–H groups in total. The van der Waals surface area contributed by atoms with Crippen molar-refractivity contribution in [1.29, 1.82) is 5.26 Å². The maximum absolute atomic E-state index is 8.88. The third kappa shape index (κ3) is 1.47. The lowest BCUT2D eigenvalue weighted by Crippen LogP contribution is -2.04. The van der Waals surface area contributed by atoms with Gasteiger partial charge < -0.3 is 5.73 Å². The van der Waals surface area contributed by atoms with Gasteiger partial charge in [0, 0.05) is 18.5 Å². The molecule has 0 bridgehead atoms. The van der Waals surface area contributed by atoms with Crippen LogP contribution >= 0.6 is 0 Å². The van der Waals surface area contributed by atoms with Crippen LogP contribution in [0.4, 0.5) is 0 Å². The van der Waals surface area contributed by atoms with Gasteiger partial charge in [0.05, 0.1) is 5.52 Å². The third-order valence-corrected chi connectivity index (χ3v) is 2.51. The number of benzene rings is 1. The molecule has 2 rings (SSSR count). The summed E-state index contributed by atoms with van der Waals surface area (Å²) in [5.41, 5.74) is 8.26. The summed E-state index contributed by atoms with van der Waals surface area (Å²) in [6, 6.07) is 7.89. The summed E-state index contributed by atoms with van der Waals surface area (Å²) in [7, 11) is 1.83. The van der Waals surface area contributed by atoms with E-state index in [-0.39, 0.29) is 6.04 Å². The highest BCUT2D eigenvalue weighted by Gasteiger charge is 2.09. The van der Waals surface area contributed by atoms with Crippen molar-refractivity contribution in [3.8, 4) is 6.07 Å². The van der Waals surface area contributed by atoms with E-state index in [1.807, 2.05) is 32.2 Å². The Bertz CT molecular complexity index is 545. The van der Waals surface area contributed by atoms with Crippen molar-refractivity contribution in [3.63, 3.8) is 0 Å². The van der Waals surface area contributed by atoms with Gasteiger partial charge in [-0.05, 0) is 24.6 Å². The lowest BCUT2D eigenvalue weighted by atomic mass is 10.1. The molecule has 1 aromatic heterocycles. The van der Waals surface area contributed by atoms with Crippen LogP contribution < -0.4 is 5.73 Å². The van der Waals surface area contributed by atoms with Gasteiger partial charge in [0.15, 0.2) is 5.69 Å². The quantitative estimate of drug-likeness (QED) is 0.757. The van der Waals surface area contributed by atoms with Crippen LogP contribution in [0.2, 0.25) is 0 Å². The number of fused-ring (bicyclic) bond motifs is 1. The van der Waals surface area contributed by atoms with Gasteiger partial charge in [-0.15, -0.1) is 0 Å². The maximum Gasteiger partial charge on any atom is 0.170 e. The van der Waals surface area contributed by atoms with Crippen molar-refractivity contribution >= 4 is 10.9 Å². The fourth-order valence-corrected chi connectivity index (χ4v) is 1.64. The number of hydrogen-bond donors (Lipinski definition) is 1. The van der Waals surface area contributed by atoms with Crippen molar-refractivity contribution in [2.24, 2.45) is 12.8 Å². The van der Waals surface area contributed by atoms with Crippen molar-refractivity contribution in [2.75, 3.05) is 0 Å². The molecule has 0 saturated heterocycles. The molecule has 0 aliphatic carbocycles. The highest BCUT2D eigenvalue weighted by molar-refractivity contribution is 5.84. The molecule has 0 amide bonds. The van der Waals surface area contributed by atoms with Crippen LogP contribution in [0, 0.1) is 11.3 Å². The molecule has 0 fully saturated rings. The first-order valence-corrected chi connectivity index (χ1v) is 4.76. The Kier molecular flexibility index (Phi) is 2.18. The smallest absolute Gasteiger partial charge is 0.170 e. The number of nitriles is 1. The van der Waals surface area contributed by atoms with Crippen molar-refractivity contribution < 1.29 is 0 Å². The van der Waals surface area contributed by atoms with E-state index in [0.29, 0.717) is 5.69 Å².